The van der Waals surface area contributed by atoms with Crippen LogP contribution in [0.2, 0.25) is 0 Å². The van der Waals surface area contributed by atoms with E-state index in [1.165, 1.54) is 6.07 Å². The summed E-state index contributed by atoms with van der Waals surface area (Å²) in [6.45, 7) is 1.98. The summed E-state index contributed by atoms with van der Waals surface area (Å²) in [5, 5.41) is 0. The molecule has 1 unspecified atom stereocenters. The predicted molar refractivity (Wildman–Crippen MR) is 75.9 cm³/mol. The molecule has 0 aromatic heterocycles. The SMILES string of the molecule is Cc1cccc(C(N)Cc2ccc(F)c(F)c2)c1Br. The van der Waals surface area contributed by atoms with Crippen molar-refractivity contribution in [3.05, 3.63) is 69.2 Å². The van der Waals surface area contributed by atoms with Crippen molar-refractivity contribution in [2.24, 2.45) is 5.73 Å². The van der Waals surface area contributed by atoms with Gasteiger partial charge in [-0.15, -0.1) is 0 Å². The zero-order valence-electron chi connectivity index (χ0n) is 10.5. The van der Waals surface area contributed by atoms with Crippen LogP contribution in [0.5, 0.6) is 0 Å². The summed E-state index contributed by atoms with van der Waals surface area (Å²) in [5.41, 5.74) is 8.88. The van der Waals surface area contributed by atoms with E-state index in [0.29, 0.717) is 12.0 Å². The number of benzene rings is 2. The molecule has 0 amide bonds. The maximum absolute atomic E-state index is 13.2. The Morgan fingerprint density at radius 3 is 2.58 bits per heavy atom. The van der Waals surface area contributed by atoms with Crippen LogP contribution >= 0.6 is 15.9 Å². The minimum Gasteiger partial charge on any atom is -0.324 e. The minimum absolute atomic E-state index is 0.265. The average Bonchev–Trinajstić information content (AvgIpc) is 2.37. The smallest absolute Gasteiger partial charge is 0.159 e. The van der Waals surface area contributed by atoms with Crippen molar-refractivity contribution in [2.45, 2.75) is 19.4 Å². The third kappa shape index (κ3) is 3.19. The third-order valence-electron chi connectivity index (χ3n) is 3.06. The molecule has 0 fully saturated rings. The largest absolute Gasteiger partial charge is 0.324 e. The number of nitrogens with two attached hydrogens (primary N) is 1. The molecule has 0 saturated carbocycles. The van der Waals surface area contributed by atoms with Gasteiger partial charge >= 0.3 is 0 Å². The topological polar surface area (TPSA) is 26.0 Å². The Morgan fingerprint density at radius 1 is 1.16 bits per heavy atom. The van der Waals surface area contributed by atoms with Gasteiger partial charge in [0.05, 0.1) is 0 Å². The zero-order valence-corrected chi connectivity index (χ0v) is 12.0. The Bertz CT molecular complexity index is 599. The highest BCUT2D eigenvalue weighted by Gasteiger charge is 2.13. The van der Waals surface area contributed by atoms with Crippen molar-refractivity contribution >= 4 is 15.9 Å². The van der Waals surface area contributed by atoms with Gasteiger partial charge in [-0.25, -0.2) is 8.78 Å². The third-order valence-corrected chi connectivity index (χ3v) is 4.14. The number of rotatable bonds is 3. The number of hydrogen-bond acceptors (Lipinski definition) is 1. The van der Waals surface area contributed by atoms with Crippen molar-refractivity contribution < 1.29 is 8.78 Å². The molecule has 0 aliphatic heterocycles. The summed E-state index contributed by atoms with van der Waals surface area (Å²) < 4.78 is 27.0. The normalized spacial score (nSPS) is 12.5. The summed E-state index contributed by atoms with van der Waals surface area (Å²) in [6.07, 6.45) is 0.458. The highest BCUT2D eigenvalue weighted by atomic mass is 79.9. The Hall–Kier alpha value is -1.26. The van der Waals surface area contributed by atoms with E-state index < -0.39 is 11.6 Å². The van der Waals surface area contributed by atoms with E-state index in [0.717, 1.165) is 21.7 Å². The van der Waals surface area contributed by atoms with Gasteiger partial charge in [0.25, 0.3) is 0 Å². The molecule has 1 nitrogen and oxygen atoms in total. The maximum Gasteiger partial charge on any atom is 0.159 e. The van der Waals surface area contributed by atoms with E-state index in [2.05, 4.69) is 15.9 Å². The van der Waals surface area contributed by atoms with Crippen LogP contribution in [0.15, 0.2) is 40.9 Å². The molecule has 4 heteroatoms. The van der Waals surface area contributed by atoms with E-state index in [9.17, 15) is 8.78 Å². The van der Waals surface area contributed by atoms with Crippen LogP contribution in [0.4, 0.5) is 8.78 Å². The summed E-state index contributed by atoms with van der Waals surface area (Å²) in [4.78, 5) is 0. The quantitative estimate of drug-likeness (QED) is 0.895. The summed E-state index contributed by atoms with van der Waals surface area (Å²) in [6, 6.07) is 9.46. The van der Waals surface area contributed by atoms with E-state index in [1.54, 1.807) is 6.07 Å². The van der Waals surface area contributed by atoms with E-state index in [1.807, 2.05) is 25.1 Å². The molecule has 0 saturated heterocycles. The van der Waals surface area contributed by atoms with Gasteiger partial charge in [-0.1, -0.05) is 40.2 Å². The number of aryl methyl sites for hydroxylation is 1. The fraction of sp³-hybridized carbons (Fsp3) is 0.200. The second-order valence-electron chi connectivity index (χ2n) is 4.54. The first kappa shape index (κ1) is 14.2. The zero-order chi connectivity index (χ0) is 14.0. The molecule has 1 atom stereocenters. The summed E-state index contributed by atoms with van der Waals surface area (Å²) in [7, 11) is 0. The van der Waals surface area contributed by atoms with Crippen LogP contribution < -0.4 is 5.73 Å². The Balaban J connectivity index is 2.23. The fourth-order valence-corrected chi connectivity index (χ4v) is 2.55. The van der Waals surface area contributed by atoms with Crippen LogP contribution in [-0.4, -0.2) is 0 Å². The fourth-order valence-electron chi connectivity index (χ4n) is 1.99. The van der Waals surface area contributed by atoms with Gasteiger partial charge in [-0.2, -0.15) is 0 Å². The highest BCUT2D eigenvalue weighted by molar-refractivity contribution is 9.10. The van der Waals surface area contributed by atoms with Gasteiger partial charge in [0.2, 0.25) is 0 Å². The Labute approximate surface area is 119 Å². The molecule has 2 N–H and O–H groups in total. The van der Waals surface area contributed by atoms with Crippen LogP contribution in [-0.2, 0) is 6.42 Å². The molecule has 2 rings (SSSR count). The van der Waals surface area contributed by atoms with Gasteiger partial charge in [0, 0.05) is 10.5 Å². The molecule has 0 radical (unpaired) electrons. The van der Waals surface area contributed by atoms with Crippen molar-refractivity contribution in [3.63, 3.8) is 0 Å². The Morgan fingerprint density at radius 2 is 1.89 bits per heavy atom. The van der Waals surface area contributed by atoms with E-state index in [4.69, 9.17) is 5.73 Å². The molecule has 2 aromatic rings. The average molecular weight is 326 g/mol. The molecule has 0 heterocycles. The van der Waals surface area contributed by atoms with Gasteiger partial charge in [-0.05, 0) is 42.2 Å². The van der Waals surface area contributed by atoms with Crippen LogP contribution in [0.3, 0.4) is 0 Å². The predicted octanol–water partition coefficient (Wildman–Crippen LogP) is 4.28. The number of halogens is 3. The molecular weight excluding hydrogens is 312 g/mol. The minimum atomic E-state index is -0.840. The van der Waals surface area contributed by atoms with Gasteiger partial charge < -0.3 is 5.73 Å². The lowest BCUT2D eigenvalue weighted by atomic mass is 9.98. The van der Waals surface area contributed by atoms with E-state index >= 15 is 0 Å². The molecule has 0 spiro atoms. The molecule has 2 aromatic carbocycles. The van der Waals surface area contributed by atoms with E-state index in [-0.39, 0.29) is 6.04 Å². The first-order valence-electron chi connectivity index (χ1n) is 5.93. The second kappa shape index (κ2) is 5.80. The molecule has 100 valence electrons. The van der Waals surface area contributed by atoms with Crippen molar-refractivity contribution in [2.75, 3.05) is 0 Å². The molecule has 19 heavy (non-hydrogen) atoms. The van der Waals surface area contributed by atoms with Gasteiger partial charge in [0.1, 0.15) is 0 Å². The number of hydrogen-bond donors (Lipinski definition) is 1. The van der Waals surface area contributed by atoms with Crippen molar-refractivity contribution in [3.8, 4) is 0 Å². The second-order valence-corrected chi connectivity index (χ2v) is 5.33. The monoisotopic (exact) mass is 325 g/mol. The summed E-state index contributed by atoms with van der Waals surface area (Å²) >= 11 is 3.51. The standard InChI is InChI=1S/C15H14BrF2N/c1-9-3-2-4-11(15(9)16)14(19)8-10-5-6-12(17)13(18)7-10/h2-7,14H,8,19H2,1H3. The Kier molecular flexibility index (Phi) is 4.32. The van der Waals surface area contributed by atoms with Crippen LogP contribution in [0, 0.1) is 18.6 Å². The first-order valence-corrected chi connectivity index (χ1v) is 6.73. The highest BCUT2D eigenvalue weighted by Crippen LogP contribution is 2.27. The molecule has 0 aliphatic carbocycles. The lowest BCUT2D eigenvalue weighted by molar-refractivity contribution is 0.506. The van der Waals surface area contributed by atoms with Crippen LogP contribution in [0.25, 0.3) is 0 Å². The lowest BCUT2D eigenvalue weighted by Gasteiger charge is -2.15. The van der Waals surface area contributed by atoms with Crippen LogP contribution in [0.1, 0.15) is 22.7 Å². The van der Waals surface area contributed by atoms with Crippen molar-refractivity contribution in [1.82, 2.24) is 0 Å². The summed E-state index contributed by atoms with van der Waals surface area (Å²) in [5.74, 6) is -1.68. The molecular formula is C15H14BrF2N. The van der Waals surface area contributed by atoms with Gasteiger partial charge in [0.15, 0.2) is 11.6 Å². The maximum atomic E-state index is 13.2. The van der Waals surface area contributed by atoms with Crippen molar-refractivity contribution in [1.29, 1.82) is 0 Å². The molecule has 0 aliphatic rings. The van der Waals surface area contributed by atoms with Gasteiger partial charge in [-0.3, -0.25) is 0 Å². The lowest BCUT2D eigenvalue weighted by Crippen LogP contribution is -2.14. The molecule has 0 bridgehead atoms. The first-order chi connectivity index (χ1) is 8.99.